The van der Waals surface area contributed by atoms with Gasteiger partial charge in [-0.15, -0.1) is 0 Å². The highest BCUT2D eigenvalue weighted by atomic mass is 19.4. The largest absolute Gasteiger partial charge is 0.416 e. The summed E-state index contributed by atoms with van der Waals surface area (Å²) < 4.78 is 87.3. The molecular weight excluding hydrogens is 650 g/mol. The Kier molecular flexibility index (Phi) is 6.85. The molecule has 0 unspecified atom stereocenters. The molecule has 0 spiro atoms. The molecule has 4 nitrogen and oxygen atoms in total. The van der Waals surface area contributed by atoms with Gasteiger partial charge in [0.25, 0.3) is 0 Å². The summed E-state index contributed by atoms with van der Waals surface area (Å²) in [6.07, 6.45) is -6.22. The SMILES string of the molecule is Cc1ccc2c(c1)c1cc(C)ccc1n2-c1cc(-c2ccncc2)cc(-n2c3ccc(C(F)(F)F)cc3c3cc(C(F)(F)F)ccc32)c1C#N. The fourth-order valence-corrected chi connectivity index (χ4v) is 6.94. The lowest BCUT2D eigenvalue weighted by Crippen LogP contribution is -2.06. The van der Waals surface area contributed by atoms with E-state index in [0.717, 1.165) is 62.8 Å². The molecule has 0 atom stereocenters. The summed E-state index contributed by atoms with van der Waals surface area (Å²) in [6, 6.07) is 27.7. The number of nitriles is 1. The third-order valence-corrected chi connectivity index (χ3v) is 9.20. The van der Waals surface area contributed by atoms with Gasteiger partial charge in [-0.05, 0) is 110 Å². The van der Waals surface area contributed by atoms with E-state index in [0.29, 0.717) is 16.9 Å². The number of aryl methyl sites for hydroxylation is 2. The number of rotatable bonds is 3. The number of hydrogen-bond donors (Lipinski definition) is 0. The van der Waals surface area contributed by atoms with E-state index in [2.05, 4.69) is 23.2 Å². The number of nitrogens with zero attached hydrogens (tertiary/aromatic N) is 4. The van der Waals surface area contributed by atoms with Gasteiger partial charge in [0.15, 0.2) is 0 Å². The number of alkyl halides is 6. The minimum atomic E-state index is -4.73. The van der Waals surface area contributed by atoms with Crippen molar-refractivity contribution in [1.82, 2.24) is 14.1 Å². The van der Waals surface area contributed by atoms with Crippen molar-refractivity contribution in [2.45, 2.75) is 26.2 Å². The first kappa shape index (κ1) is 31.2. The highest BCUT2D eigenvalue weighted by Gasteiger charge is 2.34. The van der Waals surface area contributed by atoms with Gasteiger partial charge in [0, 0.05) is 33.9 Å². The molecule has 0 amide bonds. The van der Waals surface area contributed by atoms with Crippen LogP contribution in [0.15, 0.2) is 109 Å². The molecule has 0 radical (unpaired) electrons. The Morgan fingerprint density at radius 1 is 0.520 bits per heavy atom. The van der Waals surface area contributed by atoms with Gasteiger partial charge in [-0.3, -0.25) is 4.98 Å². The lowest BCUT2D eigenvalue weighted by molar-refractivity contribution is -0.138. The van der Waals surface area contributed by atoms with Crippen LogP contribution in [0.1, 0.15) is 27.8 Å². The summed E-state index contributed by atoms with van der Waals surface area (Å²) in [5.41, 5.74) is 4.59. The molecule has 8 rings (SSSR count). The molecule has 0 aliphatic carbocycles. The number of halogens is 6. The third-order valence-electron chi connectivity index (χ3n) is 9.20. The van der Waals surface area contributed by atoms with E-state index in [1.165, 1.54) is 12.1 Å². The molecule has 10 heteroatoms. The Morgan fingerprint density at radius 3 is 1.32 bits per heavy atom. The molecule has 0 fully saturated rings. The van der Waals surface area contributed by atoms with Crippen LogP contribution in [-0.2, 0) is 12.4 Å². The number of fused-ring (bicyclic) bond motifs is 6. The quantitative estimate of drug-likeness (QED) is 0.175. The minimum absolute atomic E-state index is 0.0245. The van der Waals surface area contributed by atoms with Gasteiger partial charge in [-0.25, -0.2) is 0 Å². The van der Waals surface area contributed by atoms with E-state index in [-0.39, 0.29) is 27.4 Å². The van der Waals surface area contributed by atoms with E-state index in [4.69, 9.17) is 0 Å². The second kappa shape index (κ2) is 11.0. The normalized spacial score (nSPS) is 12.4. The maximum Gasteiger partial charge on any atom is 0.416 e. The van der Waals surface area contributed by atoms with Crippen LogP contribution in [-0.4, -0.2) is 14.1 Å². The molecule has 0 aliphatic heterocycles. The van der Waals surface area contributed by atoms with E-state index >= 15 is 0 Å². The van der Waals surface area contributed by atoms with E-state index in [9.17, 15) is 31.6 Å². The Bertz CT molecular complexity index is 2580. The van der Waals surface area contributed by atoms with Gasteiger partial charge in [0.2, 0.25) is 0 Å². The maximum absolute atomic E-state index is 14.0. The first-order valence-corrected chi connectivity index (χ1v) is 15.6. The van der Waals surface area contributed by atoms with Crippen molar-refractivity contribution in [3.63, 3.8) is 0 Å². The van der Waals surface area contributed by atoms with Crippen LogP contribution < -0.4 is 0 Å². The number of benzene rings is 5. The summed E-state index contributed by atoms with van der Waals surface area (Å²) in [7, 11) is 0. The molecule has 246 valence electrons. The monoisotopic (exact) mass is 674 g/mol. The Balaban J connectivity index is 1.55. The van der Waals surface area contributed by atoms with Crippen LogP contribution in [0.4, 0.5) is 26.3 Å². The predicted molar refractivity (Wildman–Crippen MR) is 183 cm³/mol. The van der Waals surface area contributed by atoms with Gasteiger partial charge in [-0.1, -0.05) is 23.3 Å². The first-order chi connectivity index (χ1) is 23.8. The lowest BCUT2D eigenvalue weighted by Gasteiger charge is -2.18. The second-order valence-electron chi connectivity index (χ2n) is 12.4. The fourth-order valence-electron chi connectivity index (χ4n) is 6.94. The third kappa shape index (κ3) is 4.88. The van der Waals surface area contributed by atoms with Crippen molar-refractivity contribution in [1.29, 1.82) is 5.26 Å². The summed E-state index contributed by atoms with van der Waals surface area (Å²) >= 11 is 0. The first-order valence-electron chi connectivity index (χ1n) is 15.6. The second-order valence-corrected chi connectivity index (χ2v) is 12.4. The van der Waals surface area contributed by atoms with E-state index < -0.39 is 23.5 Å². The summed E-state index contributed by atoms with van der Waals surface area (Å²) in [5, 5.41) is 12.8. The molecule has 0 saturated carbocycles. The number of aromatic nitrogens is 3. The van der Waals surface area contributed by atoms with Gasteiger partial charge in [0.1, 0.15) is 11.6 Å². The Hall–Kier alpha value is -6.08. The highest BCUT2D eigenvalue weighted by molar-refractivity contribution is 6.11. The van der Waals surface area contributed by atoms with Crippen LogP contribution in [0.2, 0.25) is 0 Å². The molecule has 5 aromatic carbocycles. The fraction of sp³-hybridized carbons (Fsp3) is 0.100. The van der Waals surface area contributed by atoms with Crippen molar-refractivity contribution in [3.8, 4) is 28.6 Å². The zero-order chi connectivity index (χ0) is 35.1. The zero-order valence-electron chi connectivity index (χ0n) is 26.4. The Morgan fingerprint density at radius 2 is 0.920 bits per heavy atom. The average molecular weight is 675 g/mol. The van der Waals surface area contributed by atoms with Gasteiger partial charge in [0.05, 0.1) is 44.6 Å². The molecule has 0 saturated heterocycles. The molecule has 3 heterocycles. The summed E-state index contributed by atoms with van der Waals surface area (Å²) in [6.45, 7) is 4.00. The van der Waals surface area contributed by atoms with Crippen molar-refractivity contribution < 1.29 is 26.3 Å². The van der Waals surface area contributed by atoms with Gasteiger partial charge in [-0.2, -0.15) is 31.6 Å². The smallest absolute Gasteiger partial charge is 0.308 e. The molecule has 8 aromatic rings. The standard InChI is InChI=1S/C40H24F6N4/c1-22-3-7-33-28(15-22)29-16-23(2)4-8-34(29)49(33)37-17-25(24-11-13-48-14-12-24)18-38(32(37)21-47)50-35-9-5-26(39(41,42)43)19-30(35)31-20-27(40(44,45)46)6-10-36(31)50/h3-20H,1-2H3. The van der Waals surface area contributed by atoms with E-state index in [1.54, 1.807) is 35.2 Å². The summed E-state index contributed by atoms with van der Waals surface area (Å²) in [4.78, 5) is 4.14. The van der Waals surface area contributed by atoms with Crippen LogP contribution in [0.25, 0.3) is 66.1 Å². The topological polar surface area (TPSA) is 46.5 Å². The molecule has 0 bridgehead atoms. The highest BCUT2D eigenvalue weighted by Crippen LogP contribution is 2.43. The summed E-state index contributed by atoms with van der Waals surface area (Å²) in [5.74, 6) is 0. The van der Waals surface area contributed by atoms with Crippen LogP contribution >= 0.6 is 0 Å². The van der Waals surface area contributed by atoms with Crippen molar-refractivity contribution in [3.05, 3.63) is 137 Å². The van der Waals surface area contributed by atoms with Crippen molar-refractivity contribution in [2.75, 3.05) is 0 Å². The maximum atomic E-state index is 14.0. The number of pyridine rings is 1. The predicted octanol–water partition coefficient (Wildman–Crippen LogP) is 11.5. The van der Waals surface area contributed by atoms with Crippen molar-refractivity contribution in [2.24, 2.45) is 0 Å². The zero-order valence-corrected chi connectivity index (χ0v) is 26.4. The van der Waals surface area contributed by atoms with Crippen LogP contribution in [0.5, 0.6) is 0 Å². The molecule has 3 aromatic heterocycles. The average Bonchev–Trinajstić information content (AvgIpc) is 3.58. The molecule has 0 N–H and O–H groups in total. The molecular formula is C40H24F6N4. The van der Waals surface area contributed by atoms with Crippen LogP contribution in [0, 0.1) is 25.2 Å². The van der Waals surface area contributed by atoms with Crippen molar-refractivity contribution >= 4 is 43.6 Å². The minimum Gasteiger partial charge on any atom is -0.308 e. The lowest BCUT2D eigenvalue weighted by atomic mass is 10.0. The molecule has 50 heavy (non-hydrogen) atoms. The number of hydrogen-bond acceptors (Lipinski definition) is 2. The van der Waals surface area contributed by atoms with Gasteiger partial charge >= 0.3 is 12.4 Å². The Labute approximate surface area is 281 Å². The van der Waals surface area contributed by atoms with E-state index in [1.807, 2.05) is 48.7 Å². The van der Waals surface area contributed by atoms with Gasteiger partial charge < -0.3 is 9.13 Å². The molecule has 0 aliphatic rings. The van der Waals surface area contributed by atoms with Crippen LogP contribution in [0.3, 0.4) is 0 Å².